The van der Waals surface area contributed by atoms with Crippen molar-refractivity contribution in [1.82, 2.24) is 0 Å². The largest absolute Gasteiger partial charge is 0.145 e. The van der Waals surface area contributed by atoms with Crippen LogP contribution < -0.4 is 0 Å². The molecule has 4 heteroatoms. The number of nitrogens with zero attached hydrogens (tertiary/aromatic N) is 1. The fourth-order valence-electron chi connectivity index (χ4n) is 4.06. The first-order valence-corrected chi connectivity index (χ1v) is 6.58. The molecular formula is C12H13Cl2NO. The summed E-state index contributed by atoms with van der Waals surface area (Å²) in [5.74, 6) is 1.74. The van der Waals surface area contributed by atoms with Gasteiger partial charge in [0.25, 0.3) is 0 Å². The second-order valence-corrected chi connectivity index (χ2v) is 5.94. The van der Waals surface area contributed by atoms with Gasteiger partial charge in [0.15, 0.2) is 0 Å². The summed E-state index contributed by atoms with van der Waals surface area (Å²) in [4.78, 5) is 10.9. The zero-order valence-electron chi connectivity index (χ0n) is 8.83. The summed E-state index contributed by atoms with van der Waals surface area (Å²) in [5, 5.41) is 3.21. The van der Waals surface area contributed by atoms with Gasteiger partial charge in [-0.15, -0.1) is 4.91 Å². The van der Waals surface area contributed by atoms with E-state index in [0.29, 0.717) is 28.2 Å². The number of hydrogen-bond acceptors (Lipinski definition) is 2. The van der Waals surface area contributed by atoms with Crippen LogP contribution in [0.15, 0.2) is 27.0 Å². The lowest BCUT2D eigenvalue weighted by atomic mass is 9.72. The number of nitroso groups, excluding NO2 is 1. The van der Waals surface area contributed by atoms with Gasteiger partial charge in [0.2, 0.25) is 0 Å². The normalized spacial score (nSPS) is 40.6. The van der Waals surface area contributed by atoms with Crippen LogP contribution in [0.2, 0.25) is 0 Å². The maximum absolute atomic E-state index is 10.9. The molecule has 0 spiro atoms. The highest BCUT2D eigenvalue weighted by molar-refractivity contribution is 6.56. The van der Waals surface area contributed by atoms with E-state index in [0.717, 1.165) is 25.0 Å². The minimum atomic E-state index is 0.299. The molecule has 2 nitrogen and oxygen atoms in total. The van der Waals surface area contributed by atoms with Crippen LogP contribution in [0, 0.1) is 28.6 Å². The number of rotatable bonds is 1. The van der Waals surface area contributed by atoms with Crippen LogP contribution in [0.4, 0.5) is 0 Å². The van der Waals surface area contributed by atoms with E-state index >= 15 is 0 Å². The second-order valence-electron chi connectivity index (χ2n) is 4.99. The van der Waals surface area contributed by atoms with Crippen molar-refractivity contribution in [3.8, 4) is 0 Å². The predicted octanol–water partition coefficient (Wildman–Crippen LogP) is 4.39. The maximum Gasteiger partial charge on any atom is 0.106 e. The van der Waals surface area contributed by atoms with Crippen molar-refractivity contribution in [3.05, 3.63) is 26.7 Å². The van der Waals surface area contributed by atoms with Gasteiger partial charge in [0.05, 0.1) is 5.70 Å². The fraction of sp³-hybridized carbons (Fsp3) is 0.667. The summed E-state index contributed by atoms with van der Waals surface area (Å²) >= 11 is 12.0. The molecule has 0 aromatic heterocycles. The molecule has 0 aromatic carbocycles. The van der Waals surface area contributed by atoms with E-state index < -0.39 is 0 Å². The smallest absolute Gasteiger partial charge is 0.106 e. The highest BCUT2D eigenvalue weighted by atomic mass is 35.5. The third kappa shape index (κ3) is 1.32. The van der Waals surface area contributed by atoms with Gasteiger partial charge in [0, 0.05) is 5.92 Å². The Morgan fingerprint density at radius 1 is 1.25 bits per heavy atom. The molecule has 86 valence electrons. The van der Waals surface area contributed by atoms with Crippen LogP contribution in [0.1, 0.15) is 25.7 Å². The minimum Gasteiger partial charge on any atom is -0.145 e. The number of fused-ring (bicyclic) bond motifs is 5. The first kappa shape index (κ1) is 10.8. The topological polar surface area (TPSA) is 29.4 Å². The molecule has 0 saturated heterocycles. The average Bonchev–Trinajstić information content (AvgIpc) is 2.84. The standard InChI is InChI=1S/C12H13Cl2NO/c13-12(14)11-7-4-5-8(11)10-6(7)2-1-3-9(10)15-16/h3,6-8,10H,1-2,4-5H2/t6?,7-,8+,10?/m0/s1. The minimum absolute atomic E-state index is 0.299. The Morgan fingerprint density at radius 2 is 2.00 bits per heavy atom. The van der Waals surface area contributed by atoms with E-state index in [4.69, 9.17) is 23.2 Å². The molecule has 0 amide bonds. The monoisotopic (exact) mass is 257 g/mol. The van der Waals surface area contributed by atoms with Crippen molar-refractivity contribution in [2.75, 3.05) is 0 Å². The van der Waals surface area contributed by atoms with Crippen LogP contribution in [-0.2, 0) is 0 Å². The van der Waals surface area contributed by atoms with E-state index in [1.54, 1.807) is 0 Å². The zero-order chi connectivity index (χ0) is 11.3. The Labute approximate surface area is 105 Å². The van der Waals surface area contributed by atoms with Crippen molar-refractivity contribution in [1.29, 1.82) is 0 Å². The van der Waals surface area contributed by atoms with Gasteiger partial charge < -0.3 is 0 Å². The summed E-state index contributed by atoms with van der Waals surface area (Å²) in [5.41, 5.74) is 1.95. The molecule has 0 aliphatic heterocycles. The summed E-state index contributed by atoms with van der Waals surface area (Å²) in [7, 11) is 0. The van der Waals surface area contributed by atoms with Gasteiger partial charge in [0.1, 0.15) is 4.49 Å². The quantitative estimate of drug-likeness (QED) is 0.641. The van der Waals surface area contributed by atoms with Crippen LogP contribution in [-0.4, -0.2) is 0 Å². The highest BCUT2D eigenvalue weighted by Gasteiger charge is 2.54. The lowest BCUT2D eigenvalue weighted by Gasteiger charge is -2.32. The molecule has 2 bridgehead atoms. The molecule has 3 aliphatic carbocycles. The maximum atomic E-state index is 10.9. The number of allylic oxidation sites excluding steroid dienone is 3. The molecule has 2 fully saturated rings. The van der Waals surface area contributed by atoms with Crippen molar-refractivity contribution < 1.29 is 0 Å². The van der Waals surface area contributed by atoms with E-state index in [1.165, 1.54) is 12.0 Å². The highest BCUT2D eigenvalue weighted by Crippen LogP contribution is 2.62. The van der Waals surface area contributed by atoms with E-state index in [1.807, 2.05) is 6.08 Å². The van der Waals surface area contributed by atoms with Crippen molar-refractivity contribution in [3.63, 3.8) is 0 Å². The molecule has 0 heterocycles. The van der Waals surface area contributed by atoms with Crippen LogP contribution >= 0.6 is 23.2 Å². The predicted molar refractivity (Wildman–Crippen MR) is 65.0 cm³/mol. The summed E-state index contributed by atoms with van der Waals surface area (Å²) in [6, 6.07) is 0. The van der Waals surface area contributed by atoms with Crippen LogP contribution in [0.5, 0.6) is 0 Å². The molecule has 3 aliphatic rings. The van der Waals surface area contributed by atoms with Gasteiger partial charge in [-0.05, 0) is 54.2 Å². The second kappa shape index (κ2) is 3.85. The fourth-order valence-corrected chi connectivity index (χ4v) is 4.62. The van der Waals surface area contributed by atoms with Crippen LogP contribution in [0.25, 0.3) is 0 Å². The molecule has 4 atom stereocenters. The summed E-state index contributed by atoms with van der Waals surface area (Å²) in [6.45, 7) is 0. The van der Waals surface area contributed by atoms with Crippen molar-refractivity contribution in [2.45, 2.75) is 25.7 Å². The Hall–Kier alpha value is -0.340. The van der Waals surface area contributed by atoms with Crippen molar-refractivity contribution in [2.24, 2.45) is 28.8 Å². The Kier molecular flexibility index (Phi) is 2.60. The third-order valence-electron chi connectivity index (χ3n) is 4.52. The summed E-state index contributed by atoms with van der Waals surface area (Å²) in [6.07, 6.45) is 6.40. The molecule has 0 aromatic rings. The Bertz CT molecular complexity index is 398. The molecule has 0 N–H and O–H groups in total. The van der Waals surface area contributed by atoms with Gasteiger partial charge in [-0.3, -0.25) is 0 Å². The SMILES string of the molecule is O=NC1=CCCC2C1[C@H]1CC[C@@H]2C1=C(Cl)Cl. The molecule has 2 saturated carbocycles. The lowest BCUT2D eigenvalue weighted by Crippen LogP contribution is -2.25. The van der Waals surface area contributed by atoms with Gasteiger partial charge in [-0.1, -0.05) is 29.3 Å². The van der Waals surface area contributed by atoms with Gasteiger partial charge in [-0.25, -0.2) is 0 Å². The van der Waals surface area contributed by atoms with Crippen LogP contribution in [0.3, 0.4) is 0 Å². The number of halogens is 2. The average molecular weight is 258 g/mol. The Balaban J connectivity index is 2.05. The van der Waals surface area contributed by atoms with Gasteiger partial charge >= 0.3 is 0 Å². The first-order valence-electron chi connectivity index (χ1n) is 5.82. The van der Waals surface area contributed by atoms with E-state index in [-0.39, 0.29) is 0 Å². The van der Waals surface area contributed by atoms with Crippen molar-refractivity contribution >= 4 is 23.2 Å². The van der Waals surface area contributed by atoms with Gasteiger partial charge in [-0.2, -0.15) is 0 Å². The first-order chi connectivity index (χ1) is 7.74. The zero-order valence-corrected chi connectivity index (χ0v) is 10.3. The van der Waals surface area contributed by atoms with E-state index in [9.17, 15) is 4.91 Å². The Morgan fingerprint density at radius 3 is 2.69 bits per heavy atom. The molecule has 2 unspecified atom stereocenters. The molecule has 16 heavy (non-hydrogen) atoms. The molecular weight excluding hydrogens is 245 g/mol. The molecule has 0 radical (unpaired) electrons. The summed E-state index contributed by atoms with van der Waals surface area (Å²) < 4.78 is 0.437. The lowest BCUT2D eigenvalue weighted by molar-refractivity contribution is 0.228. The number of hydrogen-bond donors (Lipinski definition) is 0. The van der Waals surface area contributed by atoms with E-state index in [2.05, 4.69) is 5.18 Å². The third-order valence-corrected chi connectivity index (χ3v) is 4.95. The molecule has 3 rings (SSSR count).